The number of hydrogen-bond donors (Lipinski definition) is 4. The van der Waals surface area contributed by atoms with Crippen molar-refractivity contribution in [1.82, 2.24) is 14.9 Å². The van der Waals surface area contributed by atoms with Crippen LogP contribution in [0.3, 0.4) is 0 Å². The van der Waals surface area contributed by atoms with E-state index in [0.29, 0.717) is 22.6 Å². The lowest BCUT2D eigenvalue weighted by molar-refractivity contribution is -0.139. The quantitative estimate of drug-likeness (QED) is 0.290. The highest BCUT2D eigenvalue weighted by molar-refractivity contribution is 5.94. The molecule has 0 radical (unpaired) electrons. The standard InChI is InChI=1S/C27H31F2N3O5/c1-16(2)25-24(27(37)30-15-17-4-3-5-20(29)12-17)31-26(18-6-8-19(28)9-7-18)32(25)11-10-21(33)13-22(34)14-23(35)36/h3-9,12,16,21-22,33-34H,10-11,13-15H2,1-2H3,(H,30,37)(H,35,36). The Morgan fingerprint density at radius 2 is 1.73 bits per heavy atom. The molecule has 198 valence electrons. The molecule has 2 atom stereocenters. The third kappa shape index (κ3) is 7.68. The number of benzene rings is 2. The van der Waals surface area contributed by atoms with E-state index in [1.807, 2.05) is 13.8 Å². The fourth-order valence-electron chi connectivity index (χ4n) is 4.17. The predicted molar refractivity (Wildman–Crippen MR) is 133 cm³/mol. The minimum Gasteiger partial charge on any atom is -0.481 e. The molecule has 1 aromatic heterocycles. The molecule has 0 aliphatic heterocycles. The fraction of sp³-hybridized carbons (Fsp3) is 0.370. The first kappa shape index (κ1) is 27.9. The maximum absolute atomic E-state index is 13.6. The largest absolute Gasteiger partial charge is 0.481 e. The van der Waals surface area contributed by atoms with Crippen LogP contribution in [0.25, 0.3) is 11.4 Å². The number of carboxylic acid groups (broad SMARTS) is 1. The molecule has 0 aliphatic carbocycles. The van der Waals surface area contributed by atoms with Crippen LogP contribution in [0, 0.1) is 11.6 Å². The lowest BCUT2D eigenvalue weighted by Gasteiger charge is -2.19. The number of imidazole rings is 1. The normalized spacial score (nSPS) is 12.9. The van der Waals surface area contributed by atoms with Gasteiger partial charge in [0.2, 0.25) is 0 Å². The molecule has 0 fully saturated rings. The summed E-state index contributed by atoms with van der Waals surface area (Å²) in [5, 5.41) is 31.9. The van der Waals surface area contributed by atoms with Crippen molar-refractivity contribution in [1.29, 1.82) is 0 Å². The van der Waals surface area contributed by atoms with Crippen LogP contribution in [0.5, 0.6) is 0 Å². The van der Waals surface area contributed by atoms with E-state index in [2.05, 4.69) is 10.3 Å². The third-order valence-corrected chi connectivity index (χ3v) is 5.85. The van der Waals surface area contributed by atoms with Crippen LogP contribution >= 0.6 is 0 Å². The minimum absolute atomic E-state index is 0.0903. The second kappa shape index (κ2) is 12.6. The summed E-state index contributed by atoms with van der Waals surface area (Å²) in [6, 6.07) is 11.5. The summed E-state index contributed by atoms with van der Waals surface area (Å²) in [5.41, 5.74) is 1.90. The van der Waals surface area contributed by atoms with Crippen molar-refractivity contribution in [2.45, 2.75) is 64.3 Å². The van der Waals surface area contributed by atoms with Gasteiger partial charge in [-0.05, 0) is 60.7 Å². The third-order valence-electron chi connectivity index (χ3n) is 5.85. The maximum Gasteiger partial charge on any atom is 0.305 e. The van der Waals surface area contributed by atoms with Crippen molar-refractivity contribution in [3.8, 4) is 11.4 Å². The number of aliphatic hydroxyl groups is 2. The molecule has 3 rings (SSSR count). The Kier molecular flexibility index (Phi) is 9.48. The van der Waals surface area contributed by atoms with Gasteiger partial charge in [-0.15, -0.1) is 0 Å². The number of carbonyl (C=O) groups is 2. The van der Waals surface area contributed by atoms with Gasteiger partial charge in [0.05, 0.1) is 24.3 Å². The molecule has 1 heterocycles. The van der Waals surface area contributed by atoms with Crippen molar-refractivity contribution >= 4 is 11.9 Å². The summed E-state index contributed by atoms with van der Waals surface area (Å²) < 4.78 is 28.9. The number of aromatic nitrogens is 2. The van der Waals surface area contributed by atoms with Crippen LogP contribution < -0.4 is 5.32 Å². The van der Waals surface area contributed by atoms with Gasteiger partial charge in [0, 0.05) is 18.7 Å². The molecule has 2 aromatic carbocycles. The summed E-state index contributed by atoms with van der Waals surface area (Å²) in [6.07, 6.45) is -2.63. The van der Waals surface area contributed by atoms with Crippen LogP contribution in [0.2, 0.25) is 0 Å². The van der Waals surface area contributed by atoms with Crippen molar-refractivity contribution in [3.63, 3.8) is 0 Å². The Morgan fingerprint density at radius 3 is 2.35 bits per heavy atom. The second-order valence-electron chi connectivity index (χ2n) is 9.22. The summed E-state index contributed by atoms with van der Waals surface area (Å²) in [7, 11) is 0. The summed E-state index contributed by atoms with van der Waals surface area (Å²) in [5.74, 6) is -2.23. The first-order chi connectivity index (χ1) is 17.5. The Morgan fingerprint density at radius 1 is 1.03 bits per heavy atom. The zero-order valence-corrected chi connectivity index (χ0v) is 20.7. The van der Waals surface area contributed by atoms with Gasteiger partial charge in [-0.3, -0.25) is 9.59 Å². The van der Waals surface area contributed by atoms with Crippen molar-refractivity contribution in [2.24, 2.45) is 0 Å². The van der Waals surface area contributed by atoms with Gasteiger partial charge in [0.25, 0.3) is 5.91 Å². The summed E-state index contributed by atoms with van der Waals surface area (Å²) in [4.78, 5) is 28.6. The molecule has 3 aromatic rings. The molecule has 0 saturated heterocycles. The molecule has 2 unspecified atom stereocenters. The van der Waals surface area contributed by atoms with Gasteiger partial charge in [0.1, 0.15) is 23.2 Å². The molecule has 10 heteroatoms. The molecule has 8 nitrogen and oxygen atoms in total. The van der Waals surface area contributed by atoms with Gasteiger partial charge in [0.15, 0.2) is 0 Å². The van der Waals surface area contributed by atoms with Gasteiger partial charge in [-0.1, -0.05) is 26.0 Å². The molecule has 1 amide bonds. The monoisotopic (exact) mass is 515 g/mol. The van der Waals surface area contributed by atoms with Crippen LogP contribution in [0.4, 0.5) is 8.78 Å². The topological polar surface area (TPSA) is 125 Å². The number of hydrogen-bond acceptors (Lipinski definition) is 5. The number of nitrogens with one attached hydrogen (secondary N) is 1. The number of nitrogens with zero attached hydrogens (tertiary/aromatic N) is 2. The van der Waals surface area contributed by atoms with E-state index in [4.69, 9.17) is 5.11 Å². The molecule has 0 spiro atoms. The Bertz CT molecular complexity index is 1230. The average molecular weight is 516 g/mol. The number of carboxylic acids is 1. The van der Waals surface area contributed by atoms with Gasteiger partial charge in [-0.25, -0.2) is 13.8 Å². The Balaban J connectivity index is 1.90. The molecule has 4 N–H and O–H groups in total. The van der Waals surface area contributed by atoms with E-state index in [0.717, 1.165) is 0 Å². The molecule has 0 bridgehead atoms. The van der Waals surface area contributed by atoms with Crippen LogP contribution in [0.15, 0.2) is 48.5 Å². The van der Waals surface area contributed by atoms with E-state index >= 15 is 0 Å². The zero-order valence-electron chi connectivity index (χ0n) is 20.7. The maximum atomic E-state index is 13.6. The van der Waals surface area contributed by atoms with Gasteiger partial charge in [-0.2, -0.15) is 0 Å². The lowest BCUT2D eigenvalue weighted by atomic mass is 10.0. The minimum atomic E-state index is -1.19. The lowest BCUT2D eigenvalue weighted by Crippen LogP contribution is -2.25. The van der Waals surface area contributed by atoms with E-state index in [1.165, 1.54) is 24.3 Å². The highest BCUT2D eigenvalue weighted by atomic mass is 19.1. The summed E-state index contributed by atoms with van der Waals surface area (Å²) in [6.45, 7) is 4.08. The van der Waals surface area contributed by atoms with Crippen LogP contribution in [-0.4, -0.2) is 49.0 Å². The number of carbonyl (C=O) groups excluding carboxylic acids is 1. The van der Waals surface area contributed by atoms with Crippen molar-refractivity contribution in [3.05, 3.63) is 77.1 Å². The fourth-order valence-corrected chi connectivity index (χ4v) is 4.17. The van der Waals surface area contributed by atoms with Crippen LogP contribution in [-0.2, 0) is 17.9 Å². The zero-order chi connectivity index (χ0) is 27.1. The number of halogens is 2. The summed E-state index contributed by atoms with van der Waals surface area (Å²) >= 11 is 0. The van der Waals surface area contributed by atoms with E-state index in [1.54, 1.807) is 28.8 Å². The second-order valence-corrected chi connectivity index (χ2v) is 9.22. The molecule has 0 aliphatic rings. The van der Waals surface area contributed by atoms with E-state index in [9.17, 15) is 28.6 Å². The van der Waals surface area contributed by atoms with E-state index in [-0.39, 0.29) is 37.5 Å². The van der Waals surface area contributed by atoms with Gasteiger partial charge >= 0.3 is 5.97 Å². The van der Waals surface area contributed by atoms with Gasteiger partial charge < -0.3 is 25.2 Å². The van der Waals surface area contributed by atoms with Crippen molar-refractivity contribution in [2.75, 3.05) is 0 Å². The SMILES string of the molecule is CC(C)c1c(C(=O)NCc2cccc(F)c2)nc(-c2ccc(F)cc2)n1CCC(O)CC(O)CC(=O)O. The first-order valence-electron chi connectivity index (χ1n) is 12.0. The average Bonchev–Trinajstić information content (AvgIpc) is 3.21. The number of amides is 1. The highest BCUT2D eigenvalue weighted by Gasteiger charge is 2.26. The predicted octanol–water partition coefficient (Wildman–Crippen LogP) is 3.86. The number of aliphatic hydroxyl groups excluding tert-OH is 2. The molecule has 37 heavy (non-hydrogen) atoms. The van der Waals surface area contributed by atoms with Crippen molar-refractivity contribution < 1.29 is 33.7 Å². The smallest absolute Gasteiger partial charge is 0.305 e. The van der Waals surface area contributed by atoms with Crippen LogP contribution in [0.1, 0.15) is 60.8 Å². The highest BCUT2D eigenvalue weighted by Crippen LogP contribution is 2.29. The first-order valence-corrected chi connectivity index (χ1v) is 12.0. The number of aliphatic carboxylic acids is 1. The Labute approximate surface area is 213 Å². The molecule has 0 saturated carbocycles. The number of rotatable bonds is 12. The van der Waals surface area contributed by atoms with E-state index < -0.39 is 42.1 Å². The Hall–Kier alpha value is -3.63. The molecular weight excluding hydrogens is 484 g/mol. The molecular formula is C27H31F2N3O5.